The van der Waals surface area contributed by atoms with E-state index in [-0.39, 0.29) is 29.0 Å². The number of hydrogen-bond donors (Lipinski definition) is 2. The van der Waals surface area contributed by atoms with Gasteiger partial charge in [-0.2, -0.15) is 17.5 Å². The Labute approximate surface area is 227 Å². The molecule has 11 heteroatoms. The summed E-state index contributed by atoms with van der Waals surface area (Å²) in [5.74, 6) is -0.735. The SMILES string of the molecule is C=CC(=O)NC1CC(C)(C)N(S(=O)(=O)c2ccc(C(=O)NCCc3ccc(C(F)(F)F)cc3)cc2)C(C)(C)C1. The second-order valence-corrected chi connectivity index (χ2v) is 12.7. The van der Waals surface area contributed by atoms with Crippen LogP contribution in [-0.2, 0) is 27.4 Å². The number of nitrogens with zero attached hydrogens (tertiary/aromatic N) is 1. The van der Waals surface area contributed by atoms with Crippen LogP contribution in [0, 0.1) is 0 Å². The quantitative estimate of drug-likeness (QED) is 0.454. The summed E-state index contributed by atoms with van der Waals surface area (Å²) in [7, 11) is -3.96. The zero-order chi connectivity index (χ0) is 29.2. The molecule has 0 aliphatic carbocycles. The van der Waals surface area contributed by atoms with Crippen LogP contribution in [0.15, 0.2) is 66.1 Å². The highest BCUT2D eigenvalue weighted by molar-refractivity contribution is 7.89. The number of sulfonamides is 1. The van der Waals surface area contributed by atoms with Gasteiger partial charge in [0.2, 0.25) is 15.9 Å². The fraction of sp³-hybridized carbons (Fsp3) is 0.429. The van der Waals surface area contributed by atoms with Gasteiger partial charge in [0.15, 0.2) is 0 Å². The third-order valence-corrected chi connectivity index (χ3v) is 9.10. The summed E-state index contributed by atoms with van der Waals surface area (Å²) >= 11 is 0. The first kappa shape index (κ1) is 30.4. The molecule has 0 atom stereocenters. The minimum Gasteiger partial charge on any atom is -0.352 e. The topological polar surface area (TPSA) is 95.6 Å². The number of benzene rings is 2. The van der Waals surface area contributed by atoms with Crippen LogP contribution in [0.4, 0.5) is 13.2 Å². The van der Waals surface area contributed by atoms with E-state index < -0.39 is 38.7 Å². The van der Waals surface area contributed by atoms with Crippen molar-refractivity contribution >= 4 is 21.8 Å². The number of carbonyl (C=O) groups excluding carboxylic acids is 2. The van der Waals surface area contributed by atoms with Crippen LogP contribution in [0.3, 0.4) is 0 Å². The molecule has 212 valence electrons. The van der Waals surface area contributed by atoms with E-state index in [0.29, 0.717) is 24.8 Å². The van der Waals surface area contributed by atoms with E-state index in [1.807, 2.05) is 27.7 Å². The van der Waals surface area contributed by atoms with Crippen molar-refractivity contribution in [3.63, 3.8) is 0 Å². The van der Waals surface area contributed by atoms with Gasteiger partial charge in [-0.25, -0.2) is 8.42 Å². The zero-order valence-corrected chi connectivity index (χ0v) is 23.2. The first-order chi connectivity index (χ1) is 18.0. The van der Waals surface area contributed by atoms with Crippen LogP contribution in [0.5, 0.6) is 0 Å². The van der Waals surface area contributed by atoms with E-state index in [0.717, 1.165) is 12.1 Å². The Bertz CT molecular complexity index is 1300. The van der Waals surface area contributed by atoms with Crippen molar-refractivity contribution in [2.45, 2.75) is 75.1 Å². The Morgan fingerprint density at radius 1 is 1.00 bits per heavy atom. The second kappa shape index (κ2) is 11.1. The van der Waals surface area contributed by atoms with E-state index in [1.54, 1.807) is 0 Å². The summed E-state index contributed by atoms with van der Waals surface area (Å²) in [6.45, 7) is 10.9. The van der Waals surface area contributed by atoms with Gasteiger partial charge in [0.1, 0.15) is 0 Å². The molecule has 2 amide bonds. The number of alkyl halides is 3. The minimum absolute atomic E-state index is 0.0403. The van der Waals surface area contributed by atoms with Gasteiger partial charge in [-0.15, -0.1) is 0 Å². The summed E-state index contributed by atoms with van der Waals surface area (Å²) in [5, 5.41) is 5.58. The highest BCUT2D eigenvalue weighted by Gasteiger charge is 2.51. The zero-order valence-electron chi connectivity index (χ0n) is 22.4. The van der Waals surface area contributed by atoms with Gasteiger partial charge < -0.3 is 10.6 Å². The number of amides is 2. The van der Waals surface area contributed by atoms with E-state index in [1.165, 1.54) is 46.8 Å². The van der Waals surface area contributed by atoms with Crippen LogP contribution in [0.25, 0.3) is 0 Å². The lowest BCUT2D eigenvalue weighted by Crippen LogP contribution is -2.65. The molecule has 0 saturated carbocycles. The van der Waals surface area contributed by atoms with Crippen molar-refractivity contribution in [3.05, 3.63) is 77.9 Å². The van der Waals surface area contributed by atoms with E-state index >= 15 is 0 Å². The van der Waals surface area contributed by atoms with Crippen molar-refractivity contribution in [3.8, 4) is 0 Å². The lowest BCUT2D eigenvalue weighted by Gasteiger charge is -2.53. The molecule has 1 aliphatic heterocycles. The molecule has 1 aliphatic rings. The normalized spacial score (nSPS) is 17.8. The largest absolute Gasteiger partial charge is 0.416 e. The fourth-order valence-electron chi connectivity index (χ4n) is 5.44. The molecule has 2 aromatic carbocycles. The average Bonchev–Trinajstić information content (AvgIpc) is 2.81. The number of halogens is 3. The van der Waals surface area contributed by atoms with Crippen molar-refractivity contribution < 1.29 is 31.2 Å². The van der Waals surface area contributed by atoms with E-state index in [9.17, 15) is 31.2 Å². The molecular formula is C28H34F3N3O4S. The van der Waals surface area contributed by atoms with Crippen molar-refractivity contribution in [1.29, 1.82) is 0 Å². The third-order valence-electron chi connectivity index (χ3n) is 6.76. The summed E-state index contributed by atoms with van der Waals surface area (Å²) in [4.78, 5) is 24.5. The van der Waals surface area contributed by atoms with Crippen LogP contribution in [0.1, 0.15) is 62.0 Å². The Balaban J connectivity index is 1.68. The molecule has 0 spiro atoms. The van der Waals surface area contributed by atoms with E-state index in [4.69, 9.17) is 0 Å². The van der Waals surface area contributed by atoms with Crippen molar-refractivity contribution in [1.82, 2.24) is 14.9 Å². The van der Waals surface area contributed by atoms with Crippen molar-refractivity contribution in [2.24, 2.45) is 0 Å². The van der Waals surface area contributed by atoms with E-state index in [2.05, 4.69) is 17.2 Å². The van der Waals surface area contributed by atoms with Crippen molar-refractivity contribution in [2.75, 3.05) is 6.54 Å². The molecule has 1 fully saturated rings. The maximum Gasteiger partial charge on any atom is 0.416 e. The molecule has 7 nitrogen and oxygen atoms in total. The highest BCUT2D eigenvalue weighted by Crippen LogP contribution is 2.42. The molecule has 0 unspecified atom stereocenters. The Hall–Kier alpha value is -3.18. The molecule has 3 rings (SSSR count). The first-order valence-corrected chi connectivity index (χ1v) is 13.9. The van der Waals surface area contributed by atoms with Crippen LogP contribution < -0.4 is 10.6 Å². The Morgan fingerprint density at radius 3 is 2.03 bits per heavy atom. The number of hydrogen-bond acceptors (Lipinski definition) is 4. The maximum atomic E-state index is 13.8. The molecular weight excluding hydrogens is 531 g/mol. The van der Waals surface area contributed by atoms with Gasteiger partial charge >= 0.3 is 6.18 Å². The molecule has 0 aromatic heterocycles. The number of piperidine rings is 1. The Morgan fingerprint density at radius 2 is 1.54 bits per heavy atom. The van der Waals surface area contributed by atoms with Gasteiger partial charge in [-0.05, 0) is 95.0 Å². The van der Waals surface area contributed by atoms with Gasteiger partial charge in [-0.3, -0.25) is 9.59 Å². The molecule has 2 aromatic rings. The average molecular weight is 566 g/mol. The Kier molecular flexibility index (Phi) is 8.66. The molecule has 1 saturated heterocycles. The predicted octanol–water partition coefficient (Wildman–Crippen LogP) is 4.69. The first-order valence-electron chi connectivity index (χ1n) is 12.5. The number of nitrogens with one attached hydrogen (secondary N) is 2. The molecule has 1 heterocycles. The summed E-state index contributed by atoms with van der Waals surface area (Å²) in [6.07, 6.45) is -2.06. The summed E-state index contributed by atoms with van der Waals surface area (Å²) in [5.41, 5.74) is -1.46. The van der Waals surface area contributed by atoms with Gasteiger partial charge in [0.25, 0.3) is 5.91 Å². The molecule has 0 bridgehead atoms. The maximum absolute atomic E-state index is 13.8. The molecule has 39 heavy (non-hydrogen) atoms. The lowest BCUT2D eigenvalue weighted by atomic mass is 9.79. The van der Waals surface area contributed by atoms with Crippen LogP contribution in [-0.4, -0.2) is 48.2 Å². The number of rotatable bonds is 8. The second-order valence-electron chi connectivity index (χ2n) is 10.9. The fourth-order valence-corrected chi connectivity index (χ4v) is 7.58. The number of carbonyl (C=O) groups is 2. The van der Waals surface area contributed by atoms with Crippen LogP contribution >= 0.6 is 0 Å². The van der Waals surface area contributed by atoms with Gasteiger partial charge in [-0.1, -0.05) is 18.7 Å². The smallest absolute Gasteiger partial charge is 0.352 e. The third kappa shape index (κ3) is 7.07. The monoisotopic (exact) mass is 565 g/mol. The van der Waals surface area contributed by atoms with Gasteiger partial charge in [0, 0.05) is 29.2 Å². The van der Waals surface area contributed by atoms with Crippen LogP contribution in [0.2, 0.25) is 0 Å². The lowest BCUT2D eigenvalue weighted by molar-refractivity contribution is -0.137. The standard InChI is InChI=1S/C28H34F3N3O4S/c1-6-24(35)33-22-17-26(2,3)34(27(4,5)18-22)39(37,38)23-13-9-20(10-14-23)25(36)32-16-15-19-7-11-21(12-8-19)28(29,30)31/h6-14,22H,1,15-18H2,2-5H3,(H,32,36)(H,33,35). The predicted molar refractivity (Wildman–Crippen MR) is 142 cm³/mol. The highest BCUT2D eigenvalue weighted by atomic mass is 32.2. The van der Waals surface area contributed by atoms with Gasteiger partial charge in [0.05, 0.1) is 10.5 Å². The summed E-state index contributed by atoms with van der Waals surface area (Å²) in [6, 6.07) is 10.1. The molecule has 0 radical (unpaired) electrons. The summed E-state index contributed by atoms with van der Waals surface area (Å²) < 4.78 is 67.1. The minimum atomic E-state index is -4.41. The molecule has 2 N–H and O–H groups in total.